The van der Waals surface area contributed by atoms with Crippen molar-refractivity contribution in [3.05, 3.63) is 0 Å². The lowest BCUT2D eigenvalue weighted by Gasteiger charge is -2.17. The number of carboxylic acids is 2. The normalized spacial score (nSPS) is 9.87. The van der Waals surface area contributed by atoms with Crippen molar-refractivity contribution in [2.24, 2.45) is 0 Å². The predicted octanol–water partition coefficient (Wildman–Crippen LogP) is -1.82. The summed E-state index contributed by atoms with van der Waals surface area (Å²) >= 11 is 0. The quantitative estimate of drug-likeness (QED) is 0.306. The van der Waals surface area contributed by atoms with Crippen molar-refractivity contribution >= 4 is 11.9 Å². The number of carbonyl (C=O) groups excluding carboxylic acids is 2. The number of carboxylic acid groups (broad SMARTS) is 2. The van der Waals surface area contributed by atoms with Crippen molar-refractivity contribution in [2.45, 2.75) is 33.2 Å². The summed E-state index contributed by atoms with van der Waals surface area (Å²) in [5.74, 6) is -1.51. The topological polar surface area (TPSA) is 83.5 Å². The molecule has 0 saturated carbocycles. The molecule has 5 heteroatoms. The van der Waals surface area contributed by atoms with E-state index in [1.807, 2.05) is 18.9 Å². The van der Waals surface area contributed by atoms with Gasteiger partial charge >= 0.3 is 0 Å². The highest BCUT2D eigenvalue weighted by Gasteiger charge is 1.99. The van der Waals surface area contributed by atoms with Crippen LogP contribution in [0.1, 0.15) is 27.2 Å². The highest BCUT2D eigenvalue weighted by molar-refractivity contribution is 6.25. The van der Waals surface area contributed by atoms with Gasteiger partial charge in [0, 0.05) is 19.1 Å². The van der Waals surface area contributed by atoms with E-state index in [4.69, 9.17) is 19.8 Å². The van der Waals surface area contributed by atoms with Gasteiger partial charge in [-0.1, -0.05) is 12.8 Å². The lowest BCUT2D eigenvalue weighted by Crippen LogP contribution is -2.42. The molecule has 0 aliphatic rings. The molecule has 0 aromatic rings. The molecule has 0 fully saturated rings. The Labute approximate surface area is 89.7 Å². The Morgan fingerprint density at radius 2 is 1.73 bits per heavy atom. The molecule has 0 heterocycles. The molecule has 0 aliphatic heterocycles. The molecular formula is C10H15NO4-2. The Morgan fingerprint density at radius 3 is 1.93 bits per heavy atom. The van der Waals surface area contributed by atoms with Crippen molar-refractivity contribution in [3.63, 3.8) is 0 Å². The van der Waals surface area contributed by atoms with E-state index in [-0.39, 0.29) is 0 Å². The van der Waals surface area contributed by atoms with Crippen LogP contribution >= 0.6 is 0 Å². The number of hydrogen-bond donors (Lipinski definition) is 0. The lowest BCUT2D eigenvalue weighted by atomic mass is 10.2. The third-order valence-corrected chi connectivity index (χ3v) is 1.71. The molecule has 0 N–H and O–H groups in total. The van der Waals surface area contributed by atoms with E-state index in [2.05, 4.69) is 25.8 Å². The second-order valence-corrected chi connectivity index (χ2v) is 2.80. The highest BCUT2D eigenvalue weighted by Crippen LogP contribution is 1.96. The fraction of sp³-hybridized carbons (Fsp3) is 0.600. The zero-order valence-electron chi connectivity index (χ0n) is 9.36. The zero-order chi connectivity index (χ0) is 12.4. The smallest absolute Gasteiger partial charge is 0.0870 e. The first kappa shape index (κ1) is 15.8. The van der Waals surface area contributed by atoms with Gasteiger partial charge < -0.3 is 24.7 Å². The Balaban J connectivity index is 0. The minimum Gasteiger partial charge on any atom is -0.543 e. The first-order chi connectivity index (χ1) is 6.86. The molecule has 0 amide bonds. The average Bonchev–Trinajstić information content (AvgIpc) is 2.17. The first-order valence-electron chi connectivity index (χ1n) is 4.44. The Morgan fingerprint density at radius 1 is 1.33 bits per heavy atom. The third-order valence-electron chi connectivity index (χ3n) is 1.71. The van der Waals surface area contributed by atoms with Crippen molar-refractivity contribution in [3.8, 4) is 12.0 Å². The molecular weight excluding hydrogens is 198 g/mol. The van der Waals surface area contributed by atoms with E-state index < -0.39 is 11.9 Å². The van der Waals surface area contributed by atoms with Crippen molar-refractivity contribution < 1.29 is 19.8 Å². The maximum atomic E-state index is 8.93. The molecule has 0 rings (SSSR count). The van der Waals surface area contributed by atoms with Gasteiger partial charge in [0.1, 0.15) is 0 Å². The van der Waals surface area contributed by atoms with E-state index in [9.17, 15) is 0 Å². The van der Waals surface area contributed by atoms with Crippen molar-refractivity contribution in [1.82, 2.24) is 4.90 Å². The molecule has 0 radical (unpaired) electrons. The predicted molar refractivity (Wildman–Crippen MR) is 51.0 cm³/mol. The summed E-state index contributed by atoms with van der Waals surface area (Å²) in [5, 5.41) is 17.9. The molecule has 0 bridgehead atoms. The number of carbonyl (C=O) groups is 2. The molecule has 1 unspecified atom stereocenters. The standard InChI is InChI=1S/C8H15N.C2H2O4/c1-5-7-9(4)8(3)6-2;3-1(4)2(5)6/h8H,6H2,1-4H3;(H,3,4)(H,5,6)/p-2. The van der Waals surface area contributed by atoms with Crippen LogP contribution in [0.15, 0.2) is 0 Å². The molecule has 1 atom stereocenters. The summed E-state index contributed by atoms with van der Waals surface area (Å²) < 4.78 is 0. The molecule has 0 aliphatic carbocycles. The maximum Gasteiger partial charge on any atom is 0.0870 e. The van der Waals surface area contributed by atoms with Gasteiger partial charge in [-0.05, 0) is 20.3 Å². The van der Waals surface area contributed by atoms with E-state index in [1.165, 1.54) is 0 Å². The molecule has 0 aromatic heterocycles. The zero-order valence-corrected chi connectivity index (χ0v) is 9.36. The maximum absolute atomic E-state index is 8.93. The van der Waals surface area contributed by atoms with Crippen molar-refractivity contribution in [2.75, 3.05) is 7.05 Å². The molecule has 0 spiro atoms. The van der Waals surface area contributed by atoms with Crippen LogP contribution in [0.5, 0.6) is 0 Å². The van der Waals surface area contributed by atoms with E-state index in [0.29, 0.717) is 6.04 Å². The van der Waals surface area contributed by atoms with Crippen LogP contribution in [0, 0.1) is 12.0 Å². The molecule has 0 aromatic carbocycles. The Hall–Kier alpha value is -1.70. The number of rotatable bonds is 2. The van der Waals surface area contributed by atoms with Crippen LogP contribution in [0.2, 0.25) is 0 Å². The van der Waals surface area contributed by atoms with Gasteiger partial charge in [-0.15, -0.1) is 0 Å². The fourth-order valence-electron chi connectivity index (χ4n) is 0.560. The minimum absolute atomic E-state index is 0.581. The van der Waals surface area contributed by atoms with Crippen LogP contribution in [-0.4, -0.2) is 29.9 Å². The number of aliphatic carboxylic acids is 2. The van der Waals surface area contributed by atoms with E-state index in [1.54, 1.807) is 0 Å². The second-order valence-electron chi connectivity index (χ2n) is 2.80. The van der Waals surface area contributed by atoms with Crippen LogP contribution in [-0.2, 0) is 9.59 Å². The molecule has 5 nitrogen and oxygen atoms in total. The van der Waals surface area contributed by atoms with E-state index in [0.717, 1.165) is 6.42 Å². The average molecular weight is 213 g/mol. The lowest BCUT2D eigenvalue weighted by molar-refractivity contribution is -0.345. The van der Waals surface area contributed by atoms with Gasteiger partial charge in [0.25, 0.3) is 0 Å². The van der Waals surface area contributed by atoms with Crippen LogP contribution in [0.3, 0.4) is 0 Å². The minimum atomic E-state index is -2.19. The van der Waals surface area contributed by atoms with Gasteiger partial charge in [0.2, 0.25) is 0 Å². The highest BCUT2D eigenvalue weighted by atomic mass is 16.4. The number of hydrogen-bond acceptors (Lipinski definition) is 5. The van der Waals surface area contributed by atoms with Crippen LogP contribution in [0.25, 0.3) is 0 Å². The van der Waals surface area contributed by atoms with Crippen LogP contribution in [0.4, 0.5) is 0 Å². The van der Waals surface area contributed by atoms with Gasteiger partial charge in [0.05, 0.1) is 11.9 Å². The Kier molecular flexibility index (Phi) is 9.33. The van der Waals surface area contributed by atoms with Gasteiger partial charge in [-0.25, -0.2) is 0 Å². The van der Waals surface area contributed by atoms with Crippen molar-refractivity contribution in [1.29, 1.82) is 0 Å². The SMILES string of the molecule is CC#CN(C)C(C)CC.O=C([O-])C(=O)[O-]. The number of nitrogens with zero attached hydrogens (tertiary/aromatic N) is 1. The molecule has 15 heavy (non-hydrogen) atoms. The van der Waals surface area contributed by atoms with Gasteiger partial charge in [-0.2, -0.15) is 0 Å². The summed E-state index contributed by atoms with van der Waals surface area (Å²) in [4.78, 5) is 19.9. The van der Waals surface area contributed by atoms with Gasteiger partial charge in [-0.3, -0.25) is 0 Å². The third kappa shape index (κ3) is 10.2. The van der Waals surface area contributed by atoms with Gasteiger partial charge in [0.15, 0.2) is 0 Å². The van der Waals surface area contributed by atoms with E-state index >= 15 is 0 Å². The molecule has 0 saturated heterocycles. The Bertz CT molecular complexity index is 252. The molecule has 86 valence electrons. The van der Waals surface area contributed by atoms with Crippen LogP contribution < -0.4 is 10.2 Å². The summed E-state index contributed by atoms with van der Waals surface area (Å²) in [5.41, 5.74) is 0. The fourth-order valence-corrected chi connectivity index (χ4v) is 0.560. The summed E-state index contributed by atoms with van der Waals surface area (Å²) in [7, 11) is 2.02. The summed E-state index contributed by atoms with van der Waals surface area (Å²) in [6, 6.07) is 3.56. The monoisotopic (exact) mass is 213 g/mol. The summed E-state index contributed by atoms with van der Waals surface area (Å²) in [6.45, 7) is 6.20. The largest absolute Gasteiger partial charge is 0.543 e. The second kappa shape index (κ2) is 8.88. The summed E-state index contributed by atoms with van der Waals surface area (Å²) in [6.07, 6.45) is 1.16. The first-order valence-corrected chi connectivity index (χ1v) is 4.44.